The van der Waals surface area contributed by atoms with Gasteiger partial charge in [-0.1, -0.05) is 13.8 Å². The highest BCUT2D eigenvalue weighted by molar-refractivity contribution is 5.79. The van der Waals surface area contributed by atoms with Crippen LogP contribution in [0.2, 0.25) is 0 Å². The average Bonchev–Trinajstić information content (AvgIpc) is 2.59. The lowest BCUT2D eigenvalue weighted by molar-refractivity contribution is 0.00752. The zero-order chi connectivity index (χ0) is 19.5. The molecule has 26 heavy (non-hydrogen) atoms. The molecule has 0 aromatic rings. The normalized spacial score (nSPS) is 18.2. The average molecular weight is 370 g/mol. The fourth-order valence-electron chi connectivity index (χ4n) is 3.70. The first-order valence-corrected chi connectivity index (χ1v) is 10.4. The lowest BCUT2D eigenvalue weighted by Gasteiger charge is -2.37. The van der Waals surface area contributed by atoms with Gasteiger partial charge in [0.05, 0.1) is 13.2 Å². The molecule has 6 nitrogen and oxygen atoms in total. The van der Waals surface area contributed by atoms with Crippen molar-refractivity contribution < 1.29 is 4.74 Å². The van der Waals surface area contributed by atoms with E-state index in [1.807, 2.05) is 7.05 Å². The van der Waals surface area contributed by atoms with Gasteiger partial charge in [0.15, 0.2) is 5.96 Å². The first kappa shape index (κ1) is 23.2. The van der Waals surface area contributed by atoms with Crippen molar-refractivity contribution in [3.05, 3.63) is 0 Å². The summed E-state index contributed by atoms with van der Waals surface area (Å²) in [5.74, 6) is 1.51. The molecule has 154 valence electrons. The molecule has 0 amide bonds. The summed E-state index contributed by atoms with van der Waals surface area (Å²) < 4.78 is 5.49. The third-order valence-electron chi connectivity index (χ3n) is 5.20. The van der Waals surface area contributed by atoms with Crippen LogP contribution in [0.1, 0.15) is 48.0 Å². The number of nitrogens with zero attached hydrogens (tertiary/aromatic N) is 3. The Morgan fingerprint density at radius 1 is 1.04 bits per heavy atom. The molecule has 0 aromatic heterocycles. The molecule has 2 N–H and O–H groups in total. The molecule has 0 bridgehead atoms. The fourth-order valence-corrected chi connectivity index (χ4v) is 3.70. The van der Waals surface area contributed by atoms with Crippen molar-refractivity contribution in [3.8, 4) is 0 Å². The molecule has 0 aliphatic carbocycles. The number of hydrogen-bond donors (Lipinski definition) is 2. The summed E-state index contributed by atoms with van der Waals surface area (Å²) in [7, 11) is 1.85. The van der Waals surface area contributed by atoms with Crippen LogP contribution in [0.5, 0.6) is 0 Å². The van der Waals surface area contributed by atoms with Gasteiger partial charge in [-0.05, 0) is 40.0 Å². The molecule has 0 aromatic carbocycles. The molecule has 1 atom stereocenters. The lowest BCUT2D eigenvalue weighted by Crippen LogP contribution is -2.52. The fraction of sp³-hybridized carbons (Fsp3) is 0.950. The topological polar surface area (TPSA) is 52.1 Å². The Morgan fingerprint density at radius 2 is 1.65 bits per heavy atom. The lowest BCUT2D eigenvalue weighted by atomic mass is 10.0. The maximum Gasteiger partial charge on any atom is 0.191 e. The maximum absolute atomic E-state index is 5.49. The molecular weight excluding hydrogens is 326 g/mol. The van der Waals surface area contributed by atoms with E-state index in [9.17, 15) is 0 Å². The minimum atomic E-state index is 0.509. The SMILES string of the molecule is CN=C(NCCCN(C(C)C)C(C)C)NCC(C(C)C)N1CCOCC1. The minimum Gasteiger partial charge on any atom is -0.379 e. The van der Waals surface area contributed by atoms with E-state index in [1.165, 1.54) is 0 Å². The van der Waals surface area contributed by atoms with E-state index >= 15 is 0 Å². The highest BCUT2D eigenvalue weighted by Crippen LogP contribution is 2.12. The van der Waals surface area contributed by atoms with Crippen molar-refractivity contribution >= 4 is 5.96 Å². The molecule has 1 unspecified atom stereocenters. The first-order valence-electron chi connectivity index (χ1n) is 10.4. The molecule has 1 saturated heterocycles. The molecule has 1 rings (SSSR count). The zero-order valence-electron chi connectivity index (χ0n) is 18.2. The van der Waals surface area contributed by atoms with Gasteiger partial charge in [0.2, 0.25) is 0 Å². The van der Waals surface area contributed by atoms with Crippen LogP contribution in [0.25, 0.3) is 0 Å². The van der Waals surface area contributed by atoms with E-state index in [2.05, 4.69) is 67.0 Å². The summed E-state index contributed by atoms with van der Waals surface area (Å²) in [6, 6.07) is 1.69. The van der Waals surface area contributed by atoms with Gasteiger partial charge in [-0.3, -0.25) is 14.8 Å². The number of ether oxygens (including phenoxy) is 1. The molecule has 0 saturated carbocycles. The Kier molecular flexibility index (Phi) is 11.2. The summed E-state index contributed by atoms with van der Waals surface area (Å²) >= 11 is 0. The quantitative estimate of drug-likeness (QED) is 0.350. The van der Waals surface area contributed by atoms with Gasteiger partial charge in [0.25, 0.3) is 0 Å². The molecule has 1 heterocycles. The van der Waals surface area contributed by atoms with Crippen molar-refractivity contribution in [3.63, 3.8) is 0 Å². The minimum absolute atomic E-state index is 0.509. The van der Waals surface area contributed by atoms with Gasteiger partial charge in [-0.15, -0.1) is 0 Å². The van der Waals surface area contributed by atoms with E-state index < -0.39 is 0 Å². The highest BCUT2D eigenvalue weighted by atomic mass is 16.5. The van der Waals surface area contributed by atoms with Crippen LogP contribution in [0.3, 0.4) is 0 Å². The van der Waals surface area contributed by atoms with Gasteiger partial charge in [0, 0.05) is 57.9 Å². The number of guanidine groups is 1. The van der Waals surface area contributed by atoms with Crippen molar-refractivity contribution in [2.75, 3.05) is 53.0 Å². The van der Waals surface area contributed by atoms with Gasteiger partial charge >= 0.3 is 0 Å². The second-order valence-corrected chi connectivity index (χ2v) is 8.12. The Bertz CT molecular complexity index is 384. The molecule has 1 aliphatic rings. The van der Waals surface area contributed by atoms with Crippen LogP contribution in [0.15, 0.2) is 4.99 Å². The Labute approximate surface area is 161 Å². The van der Waals surface area contributed by atoms with Gasteiger partial charge in [-0.25, -0.2) is 0 Å². The van der Waals surface area contributed by atoms with Crippen molar-refractivity contribution in [1.29, 1.82) is 0 Å². The van der Waals surface area contributed by atoms with Crippen LogP contribution < -0.4 is 10.6 Å². The van der Waals surface area contributed by atoms with Gasteiger partial charge in [0.1, 0.15) is 0 Å². The number of nitrogens with one attached hydrogen (secondary N) is 2. The standard InChI is InChI=1S/C20H43N5O/c1-16(2)19(24-11-13-26-14-12-24)15-23-20(21-7)22-9-8-10-25(17(3)4)18(5)6/h16-19H,8-15H2,1-7H3,(H2,21,22,23). The number of aliphatic imine (C=N–C) groups is 1. The van der Waals surface area contributed by atoms with Gasteiger partial charge < -0.3 is 15.4 Å². The highest BCUT2D eigenvalue weighted by Gasteiger charge is 2.23. The molecule has 1 fully saturated rings. The van der Waals surface area contributed by atoms with E-state index in [0.717, 1.165) is 58.3 Å². The predicted octanol–water partition coefficient (Wildman–Crippen LogP) is 2.02. The summed E-state index contributed by atoms with van der Waals surface area (Å²) in [5, 5.41) is 6.99. The number of morpholine rings is 1. The van der Waals surface area contributed by atoms with Crippen LogP contribution in [0, 0.1) is 5.92 Å². The van der Waals surface area contributed by atoms with Crippen LogP contribution in [-0.4, -0.2) is 86.9 Å². The van der Waals surface area contributed by atoms with E-state index in [0.29, 0.717) is 24.0 Å². The largest absolute Gasteiger partial charge is 0.379 e. The van der Waals surface area contributed by atoms with Crippen LogP contribution >= 0.6 is 0 Å². The van der Waals surface area contributed by atoms with Crippen LogP contribution in [0.4, 0.5) is 0 Å². The summed E-state index contributed by atoms with van der Waals surface area (Å²) in [6.45, 7) is 20.4. The molecule has 1 aliphatic heterocycles. The monoisotopic (exact) mass is 369 g/mol. The Balaban J connectivity index is 2.37. The van der Waals surface area contributed by atoms with Gasteiger partial charge in [-0.2, -0.15) is 0 Å². The molecule has 6 heteroatoms. The van der Waals surface area contributed by atoms with E-state index in [4.69, 9.17) is 4.74 Å². The van der Waals surface area contributed by atoms with Crippen molar-refractivity contribution in [2.24, 2.45) is 10.9 Å². The summed E-state index contributed by atoms with van der Waals surface area (Å²) in [5.41, 5.74) is 0. The third-order valence-corrected chi connectivity index (χ3v) is 5.20. The Morgan fingerprint density at radius 3 is 2.15 bits per heavy atom. The van der Waals surface area contributed by atoms with E-state index in [-0.39, 0.29) is 0 Å². The van der Waals surface area contributed by atoms with Crippen LogP contribution in [-0.2, 0) is 4.74 Å². The Hall–Kier alpha value is -0.850. The molecular formula is C20H43N5O. The first-order chi connectivity index (χ1) is 12.4. The van der Waals surface area contributed by atoms with Crippen molar-refractivity contribution in [1.82, 2.24) is 20.4 Å². The second-order valence-electron chi connectivity index (χ2n) is 8.12. The summed E-state index contributed by atoms with van der Waals surface area (Å²) in [6.07, 6.45) is 1.12. The third kappa shape index (κ3) is 8.23. The number of rotatable bonds is 10. The summed E-state index contributed by atoms with van der Waals surface area (Å²) in [4.78, 5) is 9.46. The smallest absolute Gasteiger partial charge is 0.191 e. The molecule has 0 radical (unpaired) electrons. The second kappa shape index (κ2) is 12.5. The molecule has 0 spiro atoms. The van der Waals surface area contributed by atoms with E-state index in [1.54, 1.807) is 0 Å². The zero-order valence-corrected chi connectivity index (χ0v) is 18.2. The number of hydrogen-bond acceptors (Lipinski definition) is 4. The predicted molar refractivity (Wildman–Crippen MR) is 112 cm³/mol. The van der Waals surface area contributed by atoms with Crippen molar-refractivity contribution in [2.45, 2.75) is 66.1 Å². The maximum atomic E-state index is 5.49.